The van der Waals surface area contributed by atoms with Crippen LogP contribution in [0.1, 0.15) is 19.4 Å². The lowest BCUT2D eigenvalue weighted by atomic mass is 10.0. The molecule has 17 heavy (non-hydrogen) atoms. The van der Waals surface area contributed by atoms with Crippen LogP contribution in [0.2, 0.25) is 0 Å². The molecule has 5 heteroatoms. The predicted octanol–water partition coefficient (Wildman–Crippen LogP) is 2.76. The van der Waals surface area contributed by atoms with Gasteiger partial charge in [0.15, 0.2) is 0 Å². The second-order valence-corrected chi connectivity index (χ2v) is 5.12. The number of rotatable bonds is 4. The van der Waals surface area contributed by atoms with Crippen LogP contribution in [0, 0.1) is 12.8 Å². The van der Waals surface area contributed by atoms with Crippen LogP contribution in [0.4, 0.5) is 5.82 Å². The minimum absolute atomic E-state index is 0.132. The molecule has 0 saturated carbocycles. The van der Waals surface area contributed by atoms with Gasteiger partial charge < -0.3 is 10.1 Å². The summed E-state index contributed by atoms with van der Waals surface area (Å²) in [6.07, 6.45) is 1.70. The van der Waals surface area contributed by atoms with E-state index in [4.69, 9.17) is 4.74 Å². The van der Waals surface area contributed by atoms with Crippen LogP contribution in [-0.4, -0.2) is 24.1 Å². The van der Waals surface area contributed by atoms with Gasteiger partial charge in [0.25, 0.3) is 0 Å². The van der Waals surface area contributed by atoms with Crippen molar-refractivity contribution in [3.05, 3.63) is 22.3 Å². The molecular weight excluding hydrogens is 284 g/mol. The van der Waals surface area contributed by atoms with E-state index in [2.05, 4.69) is 26.2 Å². The number of methoxy groups -OCH3 is 1. The highest BCUT2D eigenvalue weighted by molar-refractivity contribution is 9.10. The Morgan fingerprint density at radius 2 is 2.18 bits per heavy atom. The van der Waals surface area contributed by atoms with Gasteiger partial charge in [0.1, 0.15) is 11.9 Å². The first-order valence-electron chi connectivity index (χ1n) is 5.42. The van der Waals surface area contributed by atoms with E-state index in [1.807, 2.05) is 26.8 Å². The molecular formula is C12H17BrN2O2. The number of carbonyl (C=O) groups is 1. The number of halogens is 1. The Morgan fingerprint density at radius 1 is 1.53 bits per heavy atom. The molecule has 1 rings (SSSR count). The molecule has 0 amide bonds. The highest BCUT2D eigenvalue weighted by Gasteiger charge is 2.23. The molecule has 0 aliphatic carbocycles. The Kier molecular flexibility index (Phi) is 4.93. The topological polar surface area (TPSA) is 51.2 Å². The van der Waals surface area contributed by atoms with E-state index in [0.717, 1.165) is 10.0 Å². The fourth-order valence-corrected chi connectivity index (χ4v) is 1.91. The normalized spacial score (nSPS) is 12.4. The number of pyridine rings is 1. The van der Waals surface area contributed by atoms with Gasteiger partial charge in [-0.05, 0) is 40.4 Å². The summed E-state index contributed by atoms with van der Waals surface area (Å²) in [5, 5.41) is 3.12. The fraction of sp³-hybridized carbons (Fsp3) is 0.500. The maximum Gasteiger partial charge on any atom is 0.328 e. The first kappa shape index (κ1) is 14.0. The molecule has 0 aliphatic rings. The summed E-state index contributed by atoms with van der Waals surface area (Å²) in [5.41, 5.74) is 0.980. The van der Waals surface area contributed by atoms with E-state index >= 15 is 0 Å². The summed E-state index contributed by atoms with van der Waals surface area (Å²) in [5.74, 6) is 0.564. The molecule has 0 radical (unpaired) electrons. The molecule has 1 atom stereocenters. The van der Waals surface area contributed by atoms with Gasteiger partial charge in [-0.15, -0.1) is 0 Å². The molecule has 1 aromatic rings. The number of hydrogen-bond donors (Lipinski definition) is 1. The zero-order chi connectivity index (χ0) is 13.0. The zero-order valence-electron chi connectivity index (χ0n) is 10.5. The summed E-state index contributed by atoms with van der Waals surface area (Å²) in [4.78, 5) is 15.9. The van der Waals surface area contributed by atoms with Crippen molar-refractivity contribution in [1.29, 1.82) is 0 Å². The van der Waals surface area contributed by atoms with Crippen molar-refractivity contribution in [2.24, 2.45) is 5.92 Å². The molecule has 1 aromatic heterocycles. The predicted molar refractivity (Wildman–Crippen MR) is 70.9 cm³/mol. The Balaban J connectivity index is 2.90. The van der Waals surface area contributed by atoms with E-state index in [1.165, 1.54) is 7.11 Å². The molecule has 4 nitrogen and oxygen atoms in total. The third kappa shape index (κ3) is 3.70. The smallest absolute Gasteiger partial charge is 0.328 e. The van der Waals surface area contributed by atoms with Gasteiger partial charge in [0.05, 0.1) is 7.11 Å². The van der Waals surface area contributed by atoms with Gasteiger partial charge in [-0.25, -0.2) is 9.78 Å². The first-order chi connectivity index (χ1) is 7.95. The van der Waals surface area contributed by atoms with Gasteiger partial charge >= 0.3 is 5.97 Å². The van der Waals surface area contributed by atoms with E-state index in [1.54, 1.807) is 6.20 Å². The van der Waals surface area contributed by atoms with Crippen LogP contribution >= 0.6 is 15.9 Å². The third-order valence-corrected chi connectivity index (χ3v) is 2.89. The monoisotopic (exact) mass is 300 g/mol. The van der Waals surface area contributed by atoms with E-state index < -0.39 is 0 Å². The summed E-state index contributed by atoms with van der Waals surface area (Å²) in [6, 6.07) is 1.57. The number of anilines is 1. The molecule has 0 aromatic carbocycles. The van der Waals surface area contributed by atoms with Crippen LogP contribution in [0.5, 0.6) is 0 Å². The fourth-order valence-electron chi connectivity index (χ4n) is 1.46. The van der Waals surface area contributed by atoms with Crippen LogP contribution in [0.25, 0.3) is 0 Å². The quantitative estimate of drug-likeness (QED) is 0.869. The Bertz CT molecular complexity index is 407. The lowest BCUT2D eigenvalue weighted by Gasteiger charge is -2.21. The lowest BCUT2D eigenvalue weighted by molar-refractivity contribution is -0.142. The average Bonchev–Trinajstić information content (AvgIpc) is 2.26. The maximum absolute atomic E-state index is 11.6. The van der Waals surface area contributed by atoms with Crippen molar-refractivity contribution in [3.8, 4) is 0 Å². The van der Waals surface area contributed by atoms with E-state index in [0.29, 0.717) is 5.82 Å². The molecule has 0 aliphatic heterocycles. The highest BCUT2D eigenvalue weighted by atomic mass is 79.9. The van der Waals surface area contributed by atoms with Crippen molar-refractivity contribution >= 4 is 27.7 Å². The number of aromatic nitrogens is 1. The maximum atomic E-state index is 11.6. The van der Waals surface area contributed by atoms with Crippen LogP contribution in [-0.2, 0) is 9.53 Å². The first-order valence-corrected chi connectivity index (χ1v) is 6.21. The van der Waals surface area contributed by atoms with Gasteiger partial charge in [-0.1, -0.05) is 13.8 Å². The number of carbonyl (C=O) groups excluding carboxylic acids is 1. The van der Waals surface area contributed by atoms with Crippen molar-refractivity contribution < 1.29 is 9.53 Å². The third-order valence-electron chi connectivity index (χ3n) is 2.46. The number of ether oxygens (including phenoxy) is 1. The molecule has 1 N–H and O–H groups in total. The minimum Gasteiger partial charge on any atom is -0.467 e. The summed E-state index contributed by atoms with van der Waals surface area (Å²) >= 11 is 3.35. The van der Waals surface area contributed by atoms with Gasteiger partial charge in [0, 0.05) is 10.7 Å². The van der Waals surface area contributed by atoms with Crippen LogP contribution < -0.4 is 5.32 Å². The molecule has 0 bridgehead atoms. The van der Waals surface area contributed by atoms with Crippen molar-refractivity contribution in [1.82, 2.24) is 4.98 Å². The van der Waals surface area contributed by atoms with E-state index in [9.17, 15) is 4.79 Å². The van der Waals surface area contributed by atoms with Crippen molar-refractivity contribution in [3.63, 3.8) is 0 Å². The second kappa shape index (κ2) is 6.00. The lowest BCUT2D eigenvalue weighted by Crippen LogP contribution is -2.36. The Morgan fingerprint density at radius 3 is 2.65 bits per heavy atom. The highest BCUT2D eigenvalue weighted by Crippen LogP contribution is 2.19. The van der Waals surface area contributed by atoms with Crippen molar-refractivity contribution in [2.75, 3.05) is 12.4 Å². The number of nitrogens with one attached hydrogen (secondary N) is 1. The van der Waals surface area contributed by atoms with E-state index in [-0.39, 0.29) is 17.9 Å². The molecule has 94 valence electrons. The molecule has 1 heterocycles. The molecule has 0 spiro atoms. The van der Waals surface area contributed by atoms with Crippen molar-refractivity contribution in [2.45, 2.75) is 26.8 Å². The number of aryl methyl sites for hydroxylation is 1. The largest absolute Gasteiger partial charge is 0.467 e. The number of hydrogen-bond acceptors (Lipinski definition) is 4. The second-order valence-electron chi connectivity index (χ2n) is 4.21. The standard InChI is InChI=1S/C12H17BrN2O2/c1-7(2)10(12(16)17-4)15-11-8(3)5-9(13)6-14-11/h5-7,10H,1-4H3,(H,14,15). The number of nitrogens with zero attached hydrogens (tertiary/aromatic N) is 1. The van der Waals surface area contributed by atoms with Gasteiger partial charge in [0.2, 0.25) is 0 Å². The molecule has 0 fully saturated rings. The van der Waals surface area contributed by atoms with Gasteiger partial charge in [-0.2, -0.15) is 0 Å². The molecule has 0 saturated heterocycles. The Labute approximate surface area is 110 Å². The average molecular weight is 301 g/mol. The van der Waals surface area contributed by atoms with Crippen LogP contribution in [0.15, 0.2) is 16.7 Å². The van der Waals surface area contributed by atoms with Gasteiger partial charge in [-0.3, -0.25) is 0 Å². The minimum atomic E-state index is -0.382. The summed E-state index contributed by atoms with van der Waals surface area (Å²) < 4.78 is 5.69. The zero-order valence-corrected chi connectivity index (χ0v) is 12.0. The Hall–Kier alpha value is -1.10. The molecule has 1 unspecified atom stereocenters. The van der Waals surface area contributed by atoms with Crippen LogP contribution in [0.3, 0.4) is 0 Å². The number of esters is 1. The summed E-state index contributed by atoms with van der Waals surface area (Å²) in [7, 11) is 1.39. The summed E-state index contributed by atoms with van der Waals surface area (Å²) in [6.45, 7) is 5.86. The SMILES string of the molecule is COC(=O)C(Nc1ncc(Br)cc1C)C(C)C.